The maximum Gasteiger partial charge on any atom is 0.433 e. The minimum atomic E-state index is -4.61. The molecule has 0 aromatic carbocycles. The molecule has 1 saturated heterocycles. The van der Waals surface area contributed by atoms with Gasteiger partial charge in [-0.1, -0.05) is 0 Å². The van der Waals surface area contributed by atoms with Crippen LogP contribution in [-0.4, -0.2) is 47.5 Å². The van der Waals surface area contributed by atoms with Crippen LogP contribution >= 0.6 is 11.6 Å². The Morgan fingerprint density at radius 2 is 2.00 bits per heavy atom. The largest absolute Gasteiger partial charge is 0.433 e. The van der Waals surface area contributed by atoms with Crippen molar-refractivity contribution in [2.24, 2.45) is 0 Å². The molecule has 0 bridgehead atoms. The predicted molar refractivity (Wildman–Crippen MR) is 71.1 cm³/mol. The molecule has 1 aliphatic rings. The van der Waals surface area contributed by atoms with Crippen LogP contribution in [-0.2, 0) is 11.0 Å². The summed E-state index contributed by atoms with van der Waals surface area (Å²) in [6, 6.07) is 0.781. The van der Waals surface area contributed by atoms with Crippen LogP contribution in [0.4, 0.5) is 19.0 Å². The van der Waals surface area contributed by atoms with E-state index in [0.29, 0.717) is 13.1 Å². The summed E-state index contributed by atoms with van der Waals surface area (Å²) in [5.41, 5.74) is -1.13. The van der Waals surface area contributed by atoms with Gasteiger partial charge in [-0.15, -0.1) is 0 Å². The number of anilines is 1. The van der Waals surface area contributed by atoms with Gasteiger partial charge in [-0.2, -0.15) is 13.2 Å². The normalized spacial score (nSPS) is 15.4. The van der Waals surface area contributed by atoms with Crippen LogP contribution in [0.1, 0.15) is 18.5 Å². The summed E-state index contributed by atoms with van der Waals surface area (Å²) in [7, 11) is 1.49. The summed E-state index contributed by atoms with van der Waals surface area (Å²) in [4.78, 5) is 21.9. The fourth-order valence-corrected chi connectivity index (χ4v) is 2.27. The lowest BCUT2D eigenvalue weighted by Crippen LogP contribution is -2.37. The molecule has 0 aliphatic carbocycles. The molecule has 2 rings (SSSR count). The molecule has 0 atom stereocenters. The van der Waals surface area contributed by atoms with Gasteiger partial charge in [-0.3, -0.25) is 4.79 Å². The highest BCUT2D eigenvalue weighted by atomic mass is 35.5. The van der Waals surface area contributed by atoms with Crippen LogP contribution < -0.4 is 4.90 Å². The number of halogens is 4. The maximum absolute atomic E-state index is 12.7. The number of likely N-dealkylation sites (tertiary alicyclic amines) is 1. The summed E-state index contributed by atoms with van der Waals surface area (Å²) in [6.07, 6.45) is -2.71. The second-order valence-electron chi connectivity index (χ2n) is 4.82. The van der Waals surface area contributed by atoms with Crippen molar-refractivity contribution in [1.82, 2.24) is 14.9 Å². The van der Waals surface area contributed by atoms with Gasteiger partial charge in [0.25, 0.3) is 0 Å². The van der Waals surface area contributed by atoms with Crippen molar-refractivity contribution in [2.45, 2.75) is 19.0 Å². The minimum Gasteiger partial charge on any atom is -0.350 e. The number of amides is 1. The summed E-state index contributed by atoms with van der Waals surface area (Å²) in [5, 5.41) is -0.500. The van der Waals surface area contributed by atoms with Crippen LogP contribution in [0.3, 0.4) is 0 Å². The molecule has 0 N–H and O–H groups in total. The first-order valence-corrected chi connectivity index (χ1v) is 6.76. The van der Waals surface area contributed by atoms with Crippen LogP contribution in [0.25, 0.3) is 0 Å². The van der Waals surface area contributed by atoms with Crippen molar-refractivity contribution in [2.75, 3.05) is 31.6 Å². The standard InChI is InChI=1S/C12H14ClF3N4O/c1-19(7-10(21)20-4-2-3-5-20)9-6-8(12(14,15)16)17-11(13)18-9/h6H,2-5,7H2,1H3. The molecule has 21 heavy (non-hydrogen) atoms. The molecule has 1 amide bonds. The molecular formula is C12H14ClF3N4O. The van der Waals surface area contributed by atoms with Gasteiger partial charge >= 0.3 is 6.18 Å². The molecule has 1 fully saturated rings. The third-order valence-electron chi connectivity index (χ3n) is 3.20. The number of rotatable bonds is 3. The molecule has 1 aromatic rings. The van der Waals surface area contributed by atoms with E-state index in [-0.39, 0.29) is 18.3 Å². The van der Waals surface area contributed by atoms with Crippen LogP contribution in [0.15, 0.2) is 6.07 Å². The van der Waals surface area contributed by atoms with Crippen molar-refractivity contribution >= 4 is 23.3 Å². The molecule has 1 aromatic heterocycles. The van der Waals surface area contributed by atoms with Gasteiger partial charge < -0.3 is 9.80 Å². The zero-order valence-corrected chi connectivity index (χ0v) is 12.1. The number of aromatic nitrogens is 2. The fraction of sp³-hybridized carbons (Fsp3) is 0.583. The average molecular weight is 323 g/mol. The minimum absolute atomic E-state index is 0.0325. The van der Waals surface area contributed by atoms with E-state index in [2.05, 4.69) is 9.97 Å². The van der Waals surface area contributed by atoms with E-state index >= 15 is 0 Å². The van der Waals surface area contributed by atoms with Crippen LogP contribution in [0.5, 0.6) is 0 Å². The van der Waals surface area contributed by atoms with E-state index in [9.17, 15) is 18.0 Å². The molecule has 5 nitrogen and oxygen atoms in total. The molecule has 2 heterocycles. The molecule has 1 aliphatic heterocycles. The number of hydrogen-bond acceptors (Lipinski definition) is 4. The second-order valence-corrected chi connectivity index (χ2v) is 5.16. The smallest absolute Gasteiger partial charge is 0.350 e. The monoisotopic (exact) mass is 322 g/mol. The fourth-order valence-electron chi connectivity index (χ4n) is 2.10. The van der Waals surface area contributed by atoms with Crippen molar-refractivity contribution in [3.05, 3.63) is 17.0 Å². The van der Waals surface area contributed by atoms with Gasteiger partial charge in [0.1, 0.15) is 5.82 Å². The number of likely N-dealkylation sites (N-methyl/N-ethyl adjacent to an activating group) is 1. The Morgan fingerprint density at radius 3 is 2.57 bits per heavy atom. The number of hydrogen-bond donors (Lipinski definition) is 0. The average Bonchev–Trinajstić information content (AvgIpc) is 2.90. The highest BCUT2D eigenvalue weighted by molar-refractivity contribution is 6.28. The highest BCUT2D eigenvalue weighted by Crippen LogP contribution is 2.30. The molecule has 0 unspecified atom stereocenters. The van der Waals surface area contributed by atoms with Crippen molar-refractivity contribution < 1.29 is 18.0 Å². The Hall–Kier alpha value is -1.57. The number of carbonyl (C=O) groups is 1. The first-order chi connectivity index (χ1) is 9.77. The molecule has 0 spiro atoms. The Kier molecular flexibility index (Phi) is 4.55. The third kappa shape index (κ3) is 3.96. The van der Waals surface area contributed by atoms with Crippen LogP contribution in [0.2, 0.25) is 5.28 Å². The Labute approximate surface area is 124 Å². The maximum atomic E-state index is 12.7. The van der Waals surface area contributed by atoms with E-state index < -0.39 is 17.2 Å². The SMILES string of the molecule is CN(CC(=O)N1CCCC1)c1cc(C(F)(F)F)nc(Cl)n1. The van der Waals surface area contributed by atoms with Gasteiger partial charge in [-0.05, 0) is 24.4 Å². The zero-order chi connectivity index (χ0) is 15.6. The molecule has 116 valence electrons. The summed E-state index contributed by atoms with van der Waals surface area (Å²) >= 11 is 5.52. The van der Waals surface area contributed by atoms with Crippen molar-refractivity contribution in [3.8, 4) is 0 Å². The lowest BCUT2D eigenvalue weighted by atomic mass is 10.3. The number of carbonyl (C=O) groups excluding carboxylic acids is 1. The van der Waals surface area contributed by atoms with Crippen molar-refractivity contribution in [3.63, 3.8) is 0 Å². The Morgan fingerprint density at radius 1 is 1.38 bits per heavy atom. The number of alkyl halides is 3. The van der Waals surface area contributed by atoms with E-state index in [4.69, 9.17) is 11.6 Å². The van der Waals surface area contributed by atoms with Crippen LogP contribution in [0, 0.1) is 0 Å². The second kappa shape index (κ2) is 6.05. The quantitative estimate of drug-likeness (QED) is 0.801. The summed E-state index contributed by atoms with van der Waals surface area (Å²) in [5.74, 6) is -0.173. The Balaban J connectivity index is 2.13. The molecular weight excluding hydrogens is 309 g/mol. The zero-order valence-electron chi connectivity index (χ0n) is 11.3. The predicted octanol–water partition coefficient (Wildman–Crippen LogP) is 2.21. The van der Waals surface area contributed by atoms with Gasteiger partial charge in [0.05, 0.1) is 6.54 Å². The van der Waals surface area contributed by atoms with Gasteiger partial charge in [0.2, 0.25) is 11.2 Å². The summed E-state index contributed by atoms with van der Waals surface area (Å²) < 4.78 is 38.0. The number of nitrogens with zero attached hydrogens (tertiary/aromatic N) is 4. The van der Waals surface area contributed by atoms with Crippen molar-refractivity contribution in [1.29, 1.82) is 0 Å². The highest BCUT2D eigenvalue weighted by Gasteiger charge is 2.34. The molecule has 9 heteroatoms. The van der Waals surface area contributed by atoms with Gasteiger partial charge in [-0.25, -0.2) is 9.97 Å². The van der Waals surface area contributed by atoms with Gasteiger partial charge in [0.15, 0.2) is 5.69 Å². The van der Waals surface area contributed by atoms with E-state index in [0.717, 1.165) is 18.9 Å². The lowest BCUT2D eigenvalue weighted by molar-refractivity contribution is -0.141. The first-order valence-electron chi connectivity index (χ1n) is 6.38. The summed E-state index contributed by atoms with van der Waals surface area (Å²) in [6.45, 7) is 1.32. The van der Waals surface area contributed by atoms with E-state index in [1.165, 1.54) is 11.9 Å². The topological polar surface area (TPSA) is 49.3 Å². The van der Waals surface area contributed by atoms with Gasteiger partial charge in [0, 0.05) is 26.2 Å². The Bertz CT molecular complexity index is 532. The molecule has 0 radical (unpaired) electrons. The van der Waals surface area contributed by atoms with E-state index in [1.807, 2.05) is 0 Å². The molecule has 0 saturated carbocycles. The third-order valence-corrected chi connectivity index (χ3v) is 3.37. The van der Waals surface area contributed by atoms with E-state index in [1.54, 1.807) is 4.90 Å². The first kappa shape index (κ1) is 15.8. The lowest BCUT2D eigenvalue weighted by Gasteiger charge is -2.22.